The fraction of sp³-hybridized carbons (Fsp3) is 0.588. The van der Waals surface area contributed by atoms with Crippen molar-refractivity contribution in [2.75, 3.05) is 12.4 Å². The number of piperidine rings is 1. The molecule has 108 valence electrons. The van der Waals surface area contributed by atoms with E-state index in [0.717, 1.165) is 38.6 Å². The molecule has 1 aromatic rings. The van der Waals surface area contributed by atoms with Gasteiger partial charge in [0, 0.05) is 24.4 Å². The number of nitrogens with zero attached hydrogens (tertiary/aromatic N) is 1. The third kappa shape index (κ3) is 2.71. The molecule has 1 aromatic carbocycles. The van der Waals surface area contributed by atoms with Gasteiger partial charge in [0.15, 0.2) is 0 Å². The summed E-state index contributed by atoms with van der Waals surface area (Å²) in [4.78, 5) is 14.9. The molecule has 2 unspecified atom stereocenters. The second-order valence-electron chi connectivity index (χ2n) is 6.04. The largest absolute Gasteiger partial charge is 0.338 e. The van der Waals surface area contributed by atoms with E-state index in [9.17, 15) is 4.79 Å². The average Bonchev–Trinajstić information content (AvgIpc) is 2.53. The van der Waals surface area contributed by atoms with Gasteiger partial charge in [-0.2, -0.15) is 0 Å². The summed E-state index contributed by atoms with van der Waals surface area (Å²) < 4.78 is 0. The van der Waals surface area contributed by atoms with Crippen molar-refractivity contribution in [1.29, 1.82) is 0 Å². The minimum absolute atomic E-state index is 0.161. The fourth-order valence-electron chi connectivity index (χ4n) is 3.59. The van der Waals surface area contributed by atoms with E-state index < -0.39 is 0 Å². The molecule has 2 atom stereocenters. The second-order valence-corrected chi connectivity index (χ2v) is 6.35. The van der Waals surface area contributed by atoms with Gasteiger partial charge in [0.2, 0.25) is 5.91 Å². The Labute approximate surface area is 126 Å². The zero-order chi connectivity index (χ0) is 13.9. The number of hydrogen-bond donors (Lipinski definition) is 0. The average molecular weight is 292 g/mol. The van der Waals surface area contributed by atoms with Crippen LogP contribution in [0, 0.1) is 5.92 Å². The molecule has 0 N–H and O–H groups in total. The molecule has 20 heavy (non-hydrogen) atoms. The van der Waals surface area contributed by atoms with Crippen LogP contribution < -0.4 is 0 Å². The summed E-state index contributed by atoms with van der Waals surface area (Å²) >= 11 is 6.05. The standard InChI is InChI=1S/C17H22ClNO/c18-12-16-7-3-4-10-19(16)17(20)15-9-8-13-5-1-2-6-14(13)11-15/h1-2,5-6,15-16H,3-4,7-12H2. The SMILES string of the molecule is O=C(C1CCc2ccccc2C1)N1CCCCC1CCl. The number of likely N-dealkylation sites (tertiary alicyclic amines) is 1. The van der Waals surface area contributed by atoms with Gasteiger partial charge in [0.1, 0.15) is 0 Å². The van der Waals surface area contributed by atoms with Gasteiger partial charge in [-0.1, -0.05) is 24.3 Å². The summed E-state index contributed by atoms with van der Waals surface area (Å²) in [6, 6.07) is 8.79. The molecular weight excluding hydrogens is 270 g/mol. The quantitative estimate of drug-likeness (QED) is 0.765. The van der Waals surface area contributed by atoms with Crippen LogP contribution >= 0.6 is 11.6 Å². The third-order valence-corrected chi connectivity index (χ3v) is 5.14. The number of aryl methyl sites for hydroxylation is 1. The van der Waals surface area contributed by atoms with E-state index >= 15 is 0 Å². The number of benzene rings is 1. The Morgan fingerprint density at radius 1 is 1.20 bits per heavy atom. The lowest BCUT2D eigenvalue weighted by molar-refractivity contribution is -0.139. The maximum absolute atomic E-state index is 12.8. The normalized spacial score (nSPS) is 26.1. The van der Waals surface area contributed by atoms with Crippen LogP contribution in [0.25, 0.3) is 0 Å². The van der Waals surface area contributed by atoms with E-state index in [2.05, 4.69) is 29.2 Å². The van der Waals surface area contributed by atoms with Crippen molar-refractivity contribution in [3.63, 3.8) is 0 Å². The Hall–Kier alpha value is -1.02. The maximum atomic E-state index is 12.8. The second kappa shape index (κ2) is 6.17. The highest BCUT2D eigenvalue weighted by molar-refractivity contribution is 6.18. The van der Waals surface area contributed by atoms with Crippen molar-refractivity contribution >= 4 is 17.5 Å². The van der Waals surface area contributed by atoms with Crippen LogP contribution in [0.5, 0.6) is 0 Å². The van der Waals surface area contributed by atoms with Crippen molar-refractivity contribution in [3.8, 4) is 0 Å². The Morgan fingerprint density at radius 2 is 2.00 bits per heavy atom. The lowest BCUT2D eigenvalue weighted by Crippen LogP contribution is -2.48. The summed E-state index contributed by atoms with van der Waals surface area (Å²) in [6.45, 7) is 0.897. The third-order valence-electron chi connectivity index (χ3n) is 4.78. The predicted octanol–water partition coefficient (Wildman–Crippen LogP) is 3.41. The lowest BCUT2D eigenvalue weighted by Gasteiger charge is -2.38. The molecular formula is C17H22ClNO. The van der Waals surface area contributed by atoms with Gasteiger partial charge < -0.3 is 4.90 Å². The van der Waals surface area contributed by atoms with Gasteiger partial charge in [0.05, 0.1) is 0 Å². The Bertz CT molecular complexity index is 488. The molecule has 1 amide bonds. The van der Waals surface area contributed by atoms with E-state index in [0.29, 0.717) is 11.8 Å². The predicted molar refractivity (Wildman–Crippen MR) is 82.0 cm³/mol. The molecule has 1 aliphatic heterocycles. The van der Waals surface area contributed by atoms with Crippen molar-refractivity contribution in [3.05, 3.63) is 35.4 Å². The van der Waals surface area contributed by atoms with Crippen molar-refractivity contribution < 1.29 is 4.79 Å². The molecule has 0 radical (unpaired) electrons. The van der Waals surface area contributed by atoms with E-state index in [1.54, 1.807) is 0 Å². The van der Waals surface area contributed by atoms with Crippen molar-refractivity contribution in [1.82, 2.24) is 4.90 Å². The molecule has 0 spiro atoms. The van der Waals surface area contributed by atoms with Crippen LogP contribution in [0.3, 0.4) is 0 Å². The molecule has 1 saturated heterocycles. The van der Waals surface area contributed by atoms with Gasteiger partial charge in [-0.05, 0) is 49.7 Å². The molecule has 2 aliphatic rings. The molecule has 3 heteroatoms. The van der Waals surface area contributed by atoms with Crippen LogP contribution in [0.1, 0.15) is 36.8 Å². The molecule has 2 nitrogen and oxygen atoms in total. The number of hydrogen-bond acceptors (Lipinski definition) is 1. The number of carbonyl (C=O) groups excluding carboxylic acids is 1. The molecule has 1 heterocycles. The minimum Gasteiger partial charge on any atom is -0.338 e. The monoisotopic (exact) mass is 291 g/mol. The molecule has 0 bridgehead atoms. The highest BCUT2D eigenvalue weighted by atomic mass is 35.5. The molecule has 1 fully saturated rings. The summed E-state index contributed by atoms with van der Waals surface area (Å²) in [5, 5.41) is 0. The van der Waals surface area contributed by atoms with Crippen LogP contribution in [-0.2, 0) is 17.6 Å². The summed E-state index contributed by atoms with van der Waals surface area (Å²) in [7, 11) is 0. The van der Waals surface area contributed by atoms with Gasteiger partial charge >= 0.3 is 0 Å². The van der Waals surface area contributed by atoms with E-state index in [4.69, 9.17) is 11.6 Å². The topological polar surface area (TPSA) is 20.3 Å². The van der Waals surface area contributed by atoms with Gasteiger partial charge in [-0.3, -0.25) is 4.79 Å². The molecule has 0 aromatic heterocycles. The van der Waals surface area contributed by atoms with Gasteiger partial charge in [-0.15, -0.1) is 11.6 Å². The summed E-state index contributed by atoms with van der Waals surface area (Å²) in [6.07, 6.45) is 6.32. The minimum atomic E-state index is 0.161. The Balaban J connectivity index is 1.72. The highest BCUT2D eigenvalue weighted by Gasteiger charge is 2.32. The zero-order valence-electron chi connectivity index (χ0n) is 11.9. The summed E-state index contributed by atoms with van der Waals surface area (Å²) in [5.41, 5.74) is 2.78. The number of amides is 1. The van der Waals surface area contributed by atoms with E-state index in [1.165, 1.54) is 17.5 Å². The van der Waals surface area contributed by atoms with Gasteiger partial charge in [0.25, 0.3) is 0 Å². The van der Waals surface area contributed by atoms with E-state index in [-0.39, 0.29) is 12.0 Å². The summed E-state index contributed by atoms with van der Waals surface area (Å²) in [5.74, 6) is 1.08. The molecule has 0 saturated carbocycles. The van der Waals surface area contributed by atoms with Crippen LogP contribution in [0.15, 0.2) is 24.3 Å². The van der Waals surface area contributed by atoms with Gasteiger partial charge in [-0.25, -0.2) is 0 Å². The van der Waals surface area contributed by atoms with Crippen LogP contribution in [-0.4, -0.2) is 29.3 Å². The number of rotatable bonds is 2. The first-order chi connectivity index (χ1) is 9.79. The van der Waals surface area contributed by atoms with Crippen molar-refractivity contribution in [2.24, 2.45) is 5.92 Å². The maximum Gasteiger partial charge on any atom is 0.226 e. The number of alkyl halides is 1. The molecule has 1 aliphatic carbocycles. The Morgan fingerprint density at radius 3 is 2.80 bits per heavy atom. The van der Waals surface area contributed by atoms with Crippen LogP contribution in [0.2, 0.25) is 0 Å². The van der Waals surface area contributed by atoms with E-state index in [1.807, 2.05) is 0 Å². The van der Waals surface area contributed by atoms with Crippen molar-refractivity contribution in [2.45, 2.75) is 44.6 Å². The zero-order valence-corrected chi connectivity index (χ0v) is 12.6. The number of carbonyl (C=O) groups is 1. The smallest absolute Gasteiger partial charge is 0.226 e. The Kier molecular flexibility index (Phi) is 4.30. The number of fused-ring (bicyclic) bond motifs is 1. The first-order valence-corrected chi connectivity index (χ1v) is 8.26. The molecule has 3 rings (SSSR count). The lowest BCUT2D eigenvalue weighted by atomic mass is 9.82. The first kappa shape index (κ1) is 13.9. The first-order valence-electron chi connectivity index (χ1n) is 7.73. The highest BCUT2D eigenvalue weighted by Crippen LogP contribution is 2.29. The fourth-order valence-corrected chi connectivity index (χ4v) is 3.92. The van der Waals surface area contributed by atoms with Crippen LogP contribution in [0.4, 0.5) is 0 Å². The number of halogens is 1.